The number of methoxy groups -OCH3 is 1. The van der Waals surface area contributed by atoms with Crippen LogP contribution in [-0.4, -0.2) is 66.7 Å². The van der Waals surface area contributed by atoms with Gasteiger partial charge in [-0.2, -0.15) is 0 Å². The van der Waals surface area contributed by atoms with Crippen molar-refractivity contribution in [2.24, 2.45) is 0 Å². The minimum Gasteiger partial charge on any atom is -0.496 e. The first-order valence-electron chi connectivity index (χ1n) is 10.7. The van der Waals surface area contributed by atoms with E-state index in [2.05, 4.69) is 12.2 Å². The van der Waals surface area contributed by atoms with Crippen molar-refractivity contribution in [3.8, 4) is 5.75 Å². The van der Waals surface area contributed by atoms with E-state index in [1.165, 1.54) is 12.0 Å². The van der Waals surface area contributed by atoms with Crippen LogP contribution in [0.15, 0.2) is 35.5 Å². The zero-order chi connectivity index (χ0) is 21.7. The molecule has 0 aromatic heterocycles. The highest BCUT2D eigenvalue weighted by molar-refractivity contribution is 6.19. The smallest absolute Gasteiger partial charge is 0.277 e. The number of para-hydroxylation sites is 1. The SMILES string of the molecule is CCCCCCN1C(=O)C(C)=C(N2CCNCC2C(=O)c2ccccc2OC)C1=O. The average Bonchev–Trinajstić information content (AvgIpc) is 2.99. The molecule has 162 valence electrons. The molecule has 1 N–H and O–H groups in total. The highest BCUT2D eigenvalue weighted by atomic mass is 16.5. The Hall–Kier alpha value is -2.67. The number of carbonyl (C=O) groups is 3. The van der Waals surface area contributed by atoms with Gasteiger partial charge in [0.05, 0.1) is 12.7 Å². The third-order valence-corrected chi connectivity index (χ3v) is 5.81. The molecule has 1 fully saturated rings. The molecule has 0 bridgehead atoms. The summed E-state index contributed by atoms with van der Waals surface area (Å²) in [6.45, 7) is 5.78. The first kappa shape index (κ1) is 22.0. The van der Waals surface area contributed by atoms with Crippen LogP contribution in [-0.2, 0) is 9.59 Å². The zero-order valence-electron chi connectivity index (χ0n) is 18.1. The number of nitrogens with zero attached hydrogens (tertiary/aromatic N) is 2. The molecule has 1 unspecified atom stereocenters. The Balaban J connectivity index is 1.84. The lowest BCUT2D eigenvalue weighted by atomic mass is 9.99. The average molecular weight is 414 g/mol. The number of rotatable bonds is 9. The molecule has 0 spiro atoms. The molecule has 2 amide bonds. The van der Waals surface area contributed by atoms with E-state index < -0.39 is 6.04 Å². The van der Waals surface area contributed by atoms with Crippen LogP contribution in [0.3, 0.4) is 0 Å². The molecule has 1 saturated heterocycles. The van der Waals surface area contributed by atoms with Crippen LogP contribution in [0.1, 0.15) is 49.9 Å². The van der Waals surface area contributed by atoms with Crippen molar-refractivity contribution in [2.45, 2.75) is 45.6 Å². The molecule has 2 heterocycles. The number of hydrogen-bond donors (Lipinski definition) is 1. The van der Waals surface area contributed by atoms with Crippen molar-refractivity contribution in [1.82, 2.24) is 15.1 Å². The van der Waals surface area contributed by atoms with E-state index in [1.54, 1.807) is 25.1 Å². The largest absolute Gasteiger partial charge is 0.496 e. The van der Waals surface area contributed by atoms with Crippen molar-refractivity contribution in [3.05, 3.63) is 41.1 Å². The Labute approximate surface area is 178 Å². The van der Waals surface area contributed by atoms with Gasteiger partial charge in [-0.1, -0.05) is 38.3 Å². The molecule has 7 nitrogen and oxygen atoms in total. The summed E-state index contributed by atoms with van der Waals surface area (Å²) < 4.78 is 5.36. The second-order valence-corrected chi connectivity index (χ2v) is 7.77. The van der Waals surface area contributed by atoms with Gasteiger partial charge in [-0.15, -0.1) is 0 Å². The number of ketones is 1. The van der Waals surface area contributed by atoms with Gasteiger partial charge in [-0.3, -0.25) is 19.3 Å². The van der Waals surface area contributed by atoms with Gasteiger partial charge in [0.15, 0.2) is 5.78 Å². The third kappa shape index (κ3) is 4.26. The van der Waals surface area contributed by atoms with Crippen LogP contribution in [0.2, 0.25) is 0 Å². The molecular weight excluding hydrogens is 382 g/mol. The summed E-state index contributed by atoms with van der Waals surface area (Å²) in [5.41, 5.74) is 1.27. The van der Waals surface area contributed by atoms with Crippen molar-refractivity contribution in [3.63, 3.8) is 0 Å². The number of hydrogen-bond acceptors (Lipinski definition) is 6. The number of benzene rings is 1. The Morgan fingerprint density at radius 3 is 2.67 bits per heavy atom. The molecule has 0 radical (unpaired) electrons. The molecule has 0 saturated carbocycles. The quantitative estimate of drug-likeness (QED) is 0.380. The number of Topliss-reactive ketones (excluding diaryl/α,β-unsaturated/α-hetero) is 1. The zero-order valence-corrected chi connectivity index (χ0v) is 18.1. The van der Waals surface area contributed by atoms with Crippen LogP contribution in [0.4, 0.5) is 0 Å². The summed E-state index contributed by atoms with van der Waals surface area (Å²) in [5.74, 6) is -0.144. The lowest BCUT2D eigenvalue weighted by Gasteiger charge is -2.37. The number of carbonyl (C=O) groups excluding carboxylic acids is 3. The van der Waals surface area contributed by atoms with Crippen molar-refractivity contribution >= 4 is 17.6 Å². The van der Waals surface area contributed by atoms with E-state index in [1.807, 2.05) is 11.0 Å². The maximum atomic E-state index is 13.4. The van der Waals surface area contributed by atoms with Crippen LogP contribution in [0, 0.1) is 0 Å². The monoisotopic (exact) mass is 413 g/mol. The molecule has 0 aliphatic carbocycles. The van der Waals surface area contributed by atoms with Crippen molar-refractivity contribution in [1.29, 1.82) is 0 Å². The van der Waals surface area contributed by atoms with Crippen LogP contribution in [0.25, 0.3) is 0 Å². The maximum Gasteiger partial charge on any atom is 0.277 e. The topological polar surface area (TPSA) is 79.0 Å². The Morgan fingerprint density at radius 1 is 1.17 bits per heavy atom. The Bertz CT molecular complexity index is 849. The second kappa shape index (κ2) is 9.89. The fourth-order valence-corrected chi connectivity index (χ4v) is 4.16. The summed E-state index contributed by atoms with van der Waals surface area (Å²) in [7, 11) is 1.53. The van der Waals surface area contributed by atoms with E-state index in [0.717, 1.165) is 25.7 Å². The summed E-state index contributed by atoms with van der Waals surface area (Å²) in [4.78, 5) is 42.5. The van der Waals surface area contributed by atoms with Gasteiger partial charge < -0.3 is 15.0 Å². The van der Waals surface area contributed by atoms with Gasteiger partial charge in [-0.25, -0.2) is 0 Å². The van der Waals surface area contributed by atoms with E-state index >= 15 is 0 Å². The number of ether oxygens (including phenoxy) is 1. The molecule has 2 aliphatic heterocycles. The molecular formula is C23H31N3O4. The van der Waals surface area contributed by atoms with E-state index in [-0.39, 0.29) is 17.6 Å². The van der Waals surface area contributed by atoms with Gasteiger partial charge in [0.2, 0.25) is 0 Å². The van der Waals surface area contributed by atoms with Crippen molar-refractivity contribution < 1.29 is 19.1 Å². The predicted octanol–water partition coefficient (Wildman–Crippen LogP) is 2.37. The molecule has 7 heteroatoms. The van der Waals surface area contributed by atoms with Gasteiger partial charge >= 0.3 is 0 Å². The molecule has 3 rings (SSSR count). The standard InChI is InChI=1S/C23H31N3O4/c1-4-5-6-9-13-26-22(28)16(2)20(23(26)29)25-14-12-24-15-18(25)21(27)17-10-7-8-11-19(17)30-3/h7-8,10-11,18,24H,4-6,9,12-15H2,1-3H3. The molecule has 30 heavy (non-hydrogen) atoms. The number of nitrogens with one attached hydrogen (secondary N) is 1. The van der Waals surface area contributed by atoms with E-state index in [9.17, 15) is 14.4 Å². The minimum atomic E-state index is -0.572. The van der Waals surface area contributed by atoms with Crippen LogP contribution >= 0.6 is 0 Å². The first-order valence-corrected chi connectivity index (χ1v) is 10.7. The fourth-order valence-electron chi connectivity index (χ4n) is 4.16. The summed E-state index contributed by atoms with van der Waals surface area (Å²) in [5, 5.41) is 3.24. The van der Waals surface area contributed by atoms with E-state index in [4.69, 9.17) is 4.74 Å². The minimum absolute atomic E-state index is 0.124. The van der Waals surface area contributed by atoms with Gasteiger partial charge in [0.25, 0.3) is 11.8 Å². The highest BCUT2D eigenvalue weighted by Crippen LogP contribution is 2.29. The summed E-state index contributed by atoms with van der Waals surface area (Å²) >= 11 is 0. The fraction of sp³-hybridized carbons (Fsp3) is 0.522. The van der Waals surface area contributed by atoms with Gasteiger partial charge in [0.1, 0.15) is 17.5 Å². The number of imide groups is 1. The Kier molecular flexibility index (Phi) is 7.26. The highest BCUT2D eigenvalue weighted by Gasteiger charge is 2.42. The number of piperazine rings is 1. The van der Waals surface area contributed by atoms with Crippen LogP contribution < -0.4 is 10.1 Å². The van der Waals surface area contributed by atoms with Gasteiger partial charge in [-0.05, 0) is 25.5 Å². The van der Waals surface area contributed by atoms with Crippen LogP contribution in [0.5, 0.6) is 5.75 Å². The lowest BCUT2D eigenvalue weighted by Crippen LogP contribution is -2.55. The first-order chi connectivity index (χ1) is 14.5. The summed E-state index contributed by atoms with van der Waals surface area (Å²) in [6, 6.07) is 6.52. The Morgan fingerprint density at radius 2 is 1.93 bits per heavy atom. The third-order valence-electron chi connectivity index (χ3n) is 5.81. The predicted molar refractivity (Wildman–Crippen MR) is 114 cm³/mol. The molecule has 1 aromatic carbocycles. The molecule has 1 aromatic rings. The number of unbranched alkanes of at least 4 members (excludes halogenated alkanes) is 3. The van der Waals surface area contributed by atoms with Gasteiger partial charge in [0, 0.05) is 31.8 Å². The normalized spacial score (nSPS) is 19.6. The molecule has 2 aliphatic rings. The van der Waals surface area contributed by atoms with E-state index in [0.29, 0.717) is 48.8 Å². The number of amides is 2. The second-order valence-electron chi connectivity index (χ2n) is 7.77. The lowest BCUT2D eigenvalue weighted by molar-refractivity contribution is -0.138. The van der Waals surface area contributed by atoms with Crippen molar-refractivity contribution in [2.75, 3.05) is 33.3 Å². The molecule has 1 atom stereocenters. The maximum absolute atomic E-state index is 13.4. The summed E-state index contributed by atoms with van der Waals surface area (Å²) in [6.07, 6.45) is 3.97.